The smallest absolute Gasteiger partial charge is 0.259 e. The fraction of sp³-hybridized carbons (Fsp3) is 0.919. The highest BCUT2D eigenvalue weighted by molar-refractivity contribution is 14.1. The standard InChI is InChI=1S/C37H73N4O6P.HIO2/c1-7-8-9-10-11-12-13-14-15-16-17-18-20-24-36(42)39-26-30-44-31-32-45-33-37(43)40(6)27-21-19-22-28-46-48(47-29-23-25-38)41(34(2)3)35(4)5;1-3-2/h34-35H,7-24,26-33H2,1-6H3,(H,39,42);2H. The summed E-state index contributed by atoms with van der Waals surface area (Å²) < 4.78 is 28.5. The molecule has 0 saturated heterocycles. The molecule has 0 aliphatic heterocycles. The largest absolute Gasteiger partial charge is 0.377 e. The first-order valence-electron chi connectivity index (χ1n) is 19.5. The lowest BCUT2D eigenvalue weighted by atomic mass is 10.0. The normalized spacial score (nSPS) is 11.8. The Balaban J connectivity index is 0. The van der Waals surface area contributed by atoms with Gasteiger partial charge in [-0.15, -0.1) is 0 Å². The first-order chi connectivity index (χ1) is 24.7. The van der Waals surface area contributed by atoms with Crippen LogP contribution in [0.5, 0.6) is 0 Å². The van der Waals surface area contributed by atoms with Crippen molar-refractivity contribution in [1.82, 2.24) is 14.9 Å². The number of nitrogens with one attached hydrogen (secondary N) is 1. The monoisotopic (exact) mass is 860 g/mol. The lowest BCUT2D eigenvalue weighted by Gasteiger charge is -2.35. The van der Waals surface area contributed by atoms with E-state index in [0.29, 0.717) is 59.0 Å². The number of hydrogen-bond donors (Lipinski definition) is 2. The van der Waals surface area contributed by atoms with Crippen molar-refractivity contribution in [2.24, 2.45) is 0 Å². The van der Waals surface area contributed by atoms with E-state index in [4.69, 9.17) is 29.0 Å². The Bertz CT molecular complexity index is 818. The molecule has 0 aliphatic carbocycles. The van der Waals surface area contributed by atoms with Crippen molar-refractivity contribution < 1.29 is 36.6 Å². The van der Waals surface area contributed by atoms with Crippen molar-refractivity contribution in [2.45, 2.75) is 162 Å². The molecule has 1 unspecified atom stereocenters. The van der Waals surface area contributed by atoms with Crippen LogP contribution in [0.1, 0.15) is 150 Å². The van der Waals surface area contributed by atoms with Gasteiger partial charge in [0.25, 0.3) is 8.53 Å². The zero-order valence-electron chi connectivity index (χ0n) is 33.0. The van der Waals surface area contributed by atoms with Crippen molar-refractivity contribution in [3.8, 4) is 6.07 Å². The van der Waals surface area contributed by atoms with E-state index in [2.05, 4.69) is 53.9 Å². The van der Waals surface area contributed by atoms with Crippen LogP contribution in [0.4, 0.5) is 0 Å². The molecular weight excluding hydrogens is 786 g/mol. The topological polar surface area (TPSA) is 143 Å². The number of unbranched alkanes of at least 4 members (excludes halogenated alkanes) is 14. The zero-order chi connectivity index (χ0) is 38.4. The summed E-state index contributed by atoms with van der Waals surface area (Å²) in [7, 11) is 0.586. The van der Waals surface area contributed by atoms with Crippen LogP contribution < -0.4 is 5.32 Å². The summed E-state index contributed by atoms with van der Waals surface area (Å²) in [6.07, 6.45) is 20.5. The lowest BCUT2D eigenvalue weighted by molar-refractivity contribution is -0.135. The first kappa shape index (κ1) is 52.4. The predicted octanol–water partition coefficient (Wildman–Crippen LogP) is 9.36. The molecule has 0 fully saturated rings. The molecule has 0 spiro atoms. The summed E-state index contributed by atoms with van der Waals surface area (Å²) in [5.41, 5.74) is 0. The molecule has 2 N–H and O–H groups in total. The molecule has 51 heavy (non-hydrogen) atoms. The quantitative estimate of drug-likeness (QED) is 0.0208. The van der Waals surface area contributed by atoms with Crippen LogP contribution in [-0.4, -0.2) is 98.5 Å². The highest BCUT2D eigenvalue weighted by atomic mass is 127. The number of rotatable bonds is 35. The highest BCUT2D eigenvalue weighted by Crippen LogP contribution is 2.46. The summed E-state index contributed by atoms with van der Waals surface area (Å²) in [6, 6.07) is 2.68. The van der Waals surface area contributed by atoms with Gasteiger partial charge in [-0.25, -0.2) is 9.93 Å². The lowest BCUT2D eigenvalue weighted by Crippen LogP contribution is -2.33. The van der Waals surface area contributed by atoms with Crippen LogP contribution in [0.15, 0.2) is 0 Å². The summed E-state index contributed by atoms with van der Waals surface area (Å²) in [5, 5.41) is 18.8. The number of amides is 2. The van der Waals surface area contributed by atoms with Gasteiger partial charge in [-0.1, -0.05) is 84.0 Å². The molecule has 0 radical (unpaired) electrons. The fourth-order valence-electron chi connectivity index (χ4n) is 5.35. The molecule has 0 aromatic rings. The minimum Gasteiger partial charge on any atom is -0.377 e. The molecule has 14 heteroatoms. The molecule has 2 amide bonds. The van der Waals surface area contributed by atoms with E-state index in [9.17, 15) is 9.59 Å². The third-order valence-electron chi connectivity index (χ3n) is 8.10. The van der Waals surface area contributed by atoms with Crippen molar-refractivity contribution in [3.05, 3.63) is 0 Å². The Hall–Kier alpha value is -0.690. The number of ether oxygens (including phenoxy) is 2. The molecule has 0 aliphatic rings. The van der Waals surface area contributed by atoms with Gasteiger partial charge in [0.1, 0.15) is 6.61 Å². The molecule has 0 aromatic heterocycles. The SMILES string of the molecule is CCCCCCCCCCCCCCCC(=O)NCCOCCOCC(=O)N(C)CCCCCOP(OCCC#N)N(C(C)C)C(C)C.OOI. The maximum absolute atomic E-state index is 12.4. The summed E-state index contributed by atoms with van der Waals surface area (Å²) >= 11 is 1.34. The van der Waals surface area contributed by atoms with E-state index < -0.39 is 8.53 Å². The number of carbonyl (C=O) groups is 2. The molecule has 0 aromatic carbocycles. The number of halogens is 1. The van der Waals surface area contributed by atoms with Crippen molar-refractivity contribution in [3.63, 3.8) is 0 Å². The van der Waals surface area contributed by atoms with Crippen LogP contribution in [-0.2, 0) is 31.3 Å². The van der Waals surface area contributed by atoms with E-state index >= 15 is 0 Å². The van der Waals surface area contributed by atoms with Gasteiger partial charge >= 0.3 is 0 Å². The molecule has 12 nitrogen and oxygen atoms in total. The van der Waals surface area contributed by atoms with Crippen molar-refractivity contribution in [1.29, 1.82) is 5.26 Å². The molecule has 0 bridgehead atoms. The Labute approximate surface area is 327 Å². The van der Waals surface area contributed by atoms with E-state index in [-0.39, 0.29) is 30.5 Å². The van der Waals surface area contributed by atoms with Gasteiger partial charge in [-0.3, -0.25) is 9.59 Å². The number of nitrogens with zero attached hydrogens (tertiary/aromatic N) is 3. The van der Waals surface area contributed by atoms with Crippen LogP contribution in [0.2, 0.25) is 0 Å². The van der Waals surface area contributed by atoms with E-state index in [1.54, 1.807) is 11.9 Å². The van der Waals surface area contributed by atoms with E-state index in [0.717, 1.165) is 32.1 Å². The zero-order valence-corrected chi connectivity index (χ0v) is 36.1. The molecule has 0 saturated carbocycles. The number of carbonyl (C=O) groups excluding carboxylic acids is 2. The molecule has 0 rings (SSSR count). The Morgan fingerprint density at radius 2 is 1.27 bits per heavy atom. The number of nitriles is 1. The van der Waals surface area contributed by atoms with Crippen molar-refractivity contribution >= 4 is 43.3 Å². The minimum atomic E-state index is -1.21. The van der Waals surface area contributed by atoms with Gasteiger partial charge in [-0.05, 0) is 53.4 Å². The van der Waals surface area contributed by atoms with Crippen LogP contribution in [0, 0.1) is 11.3 Å². The summed E-state index contributed by atoms with van der Waals surface area (Å²) in [4.78, 5) is 26.1. The van der Waals surface area contributed by atoms with Gasteiger partial charge in [-0.2, -0.15) is 8.48 Å². The fourth-order valence-corrected chi connectivity index (χ4v) is 6.98. The van der Waals surface area contributed by atoms with Gasteiger partial charge < -0.3 is 28.7 Å². The number of likely N-dealkylation sites (N-methyl/N-ethyl adjacent to an activating group) is 1. The highest BCUT2D eigenvalue weighted by Gasteiger charge is 2.26. The van der Waals surface area contributed by atoms with Crippen LogP contribution in [0.25, 0.3) is 0 Å². The molecular formula is C37H74IN4O8P. The van der Waals surface area contributed by atoms with E-state index in [1.807, 2.05) is 0 Å². The minimum absolute atomic E-state index is 0.0312. The third kappa shape index (κ3) is 36.1. The van der Waals surface area contributed by atoms with Gasteiger partial charge in [0, 0.05) is 38.6 Å². The second kappa shape index (κ2) is 40.5. The van der Waals surface area contributed by atoms with Crippen molar-refractivity contribution in [2.75, 3.05) is 59.8 Å². The third-order valence-corrected chi connectivity index (χ3v) is 10.2. The Kier molecular flexibility index (Phi) is 41.6. The van der Waals surface area contributed by atoms with Gasteiger partial charge in [0.15, 0.2) is 23.0 Å². The second-order valence-corrected chi connectivity index (χ2v) is 15.2. The Morgan fingerprint density at radius 3 is 1.82 bits per heavy atom. The maximum Gasteiger partial charge on any atom is 0.259 e. The van der Waals surface area contributed by atoms with Gasteiger partial charge in [0.2, 0.25) is 11.8 Å². The number of hydrogen-bond acceptors (Lipinski definition) is 10. The predicted molar refractivity (Wildman–Crippen MR) is 215 cm³/mol. The summed E-state index contributed by atoms with van der Waals surface area (Å²) in [6.45, 7) is 14.1. The van der Waals surface area contributed by atoms with E-state index in [1.165, 1.54) is 93.6 Å². The molecule has 302 valence electrons. The Morgan fingerprint density at radius 1 is 0.765 bits per heavy atom. The van der Waals surface area contributed by atoms with Crippen LogP contribution >= 0.6 is 31.5 Å². The molecule has 0 heterocycles. The maximum atomic E-state index is 12.4. The average molecular weight is 861 g/mol. The second-order valence-electron chi connectivity index (χ2n) is 13.3. The van der Waals surface area contributed by atoms with Gasteiger partial charge in [0.05, 0.1) is 45.5 Å². The first-order valence-corrected chi connectivity index (χ1v) is 21.5. The van der Waals surface area contributed by atoms with Crippen LogP contribution in [0.3, 0.4) is 0 Å². The average Bonchev–Trinajstić information content (AvgIpc) is 3.09. The summed E-state index contributed by atoms with van der Waals surface area (Å²) in [5.74, 6) is 0.0414. The molecule has 1 atom stereocenters.